The highest BCUT2D eigenvalue weighted by atomic mass is 127. The Bertz CT molecular complexity index is 831. The van der Waals surface area contributed by atoms with Crippen molar-refractivity contribution in [1.82, 2.24) is 0 Å². The Hall–Kier alpha value is -1.04. The molecule has 0 N–H and O–H groups in total. The normalized spacial score (nSPS) is 26.7. The quantitative estimate of drug-likeness (QED) is 0.342. The summed E-state index contributed by atoms with van der Waals surface area (Å²) in [4.78, 5) is 12.6. The molecule has 4 heteroatoms. The fourth-order valence-corrected chi connectivity index (χ4v) is 5.02. The topological polar surface area (TPSA) is 39.4 Å². The highest BCUT2D eigenvalue weighted by Gasteiger charge is 2.42. The number of fused-ring (bicyclic) bond motifs is 6. The van der Waals surface area contributed by atoms with Gasteiger partial charge in [0.2, 0.25) is 0 Å². The number of alkyl halides is 1. The minimum Gasteiger partial charge on any atom is -0.488 e. The summed E-state index contributed by atoms with van der Waals surface area (Å²) in [7, 11) is 0. The summed E-state index contributed by atoms with van der Waals surface area (Å²) in [6.07, 6.45) is 3.46. The second-order valence-electron chi connectivity index (χ2n) is 7.73. The Morgan fingerprint density at radius 3 is 2.74 bits per heavy atom. The standard InChI is InChI=1S/C19H21IO3/c1-19(2,3)10-7-8-13-12(9-10)17-15(18(21)23-13)11-5-4-6-14(22-17)16(11)20/h7-9,11,14,16H,4-6H2,1-3H3/t11-,14-,16-/m1/s1. The molecule has 2 aromatic rings. The van der Waals surface area contributed by atoms with Gasteiger partial charge in [-0.05, 0) is 42.4 Å². The Kier molecular flexibility index (Phi) is 3.52. The van der Waals surface area contributed by atoms with E-state index in [1.54, 1.807) is 0 Å². The van der Waals surface area contributed by atoms with Crippen LogP contribution in [0.3, 0.4) is 0 Å². The average Bonchev–Trinajstić information content (AvgIpc) is 2.46. The van der Waals surface area contributed by atoms with Crippen LogP contribution in [0.1, 0.15) is 57.1 Å². The number of halogens is 1. The zero-order chi connectivity index (χ0) is 16.4. The Labute approximate surface area is 149 Å². The van der Waals surface area contributed by atoms with E-state index in [2.05, 4.69) is 49.4 Å². The first-order valence-corrected chi connectivity index (χ1v) is 9.53. The maximum atomic E-state index is 12.6. The van der Waals surface area contributed by atoms with Crippen LogP contribution in [-0.4, -0.2) is 10.0 Å². The van der Waals surface area contributed by atoms with Crippen LogP contribution in [0.4, 0.5) is 0 Å². The highest BCUT2D eigenvalue weighted by molar-refractivity contribution is 14.1. The zero-order valence-electron chi connectivity index (χ0n) is 13.7. The minimum atomic E-state index is -0.219. The maximum Gasteiger partial charge on any atom is 0.343 e. The molecule has 0 spiro atoms. The SMILES string of the molecule is CC(C)(C)c1ccc2oc(=O)c3c(c2c1)O[C@@H]1CCC[C@H]3[C@H]1I. The van der Waals surface area contributed by atoms with Gasteiger partial charge >= 0.3 is 5.63 Å². The van der Waals surface area contributed by atoms with Crippen molar-refractivity contribution in [2.24, 2.45) is 0 Å². The van der Waals surface area contributed by atoms with Gasteiger partial charge in [-0.25, -0.2) is 4.79 Å². The first-order chi connectivity index (χ1) is 10.9. The monoisotopic (exact) mass is 424 g/mol. The van der Waals surface area contributed by atoms with Crippen LogP contribution in [0.15, 0.2) is 27.4 Å². The molecule has 4 rings (SSSR count). The van der Waals surface area contributed by atoms with E-state index in [1.165, 1.54) is 5.56 Å². The Morgan fingerprint density at radius 2 is 2.00 bits per heavy atom. The van der Waals surface area contributed by atoms with Crippen LogP contribution in [0.5, 0.6) is 5.75 Å². The van der Waals surface area contributed by atoms with Gasteiger partial charge in [0, 0.05) is 5.92 Å². The van der Waals surface area contributed by atoms with Crippen molar-refractivity contribution in [3.8, 4) is 5.75 Å². The summed E-state index contributed by atoms with van der Waals surface area (Å²) in [6.45, 7) is 6.57. The largest absolute Gasteiger partial charge is 0.488 e. The van der Waals surface area contributed by atoms with Gasteiger partial charge in [-0.15, -0.1) is 0 Å². The molecule has 0 saturated heterocycles. The van der Waals surface area contributed by atoms with Crippen molar-refractivity contribution < 1.29 is 9.15 Å². The molecular weight excluding hydrogens is 403 g/mol. The molecular formula is C19H21IO3. The van der Waals surface area contributed by atoms with Gasteiger partial charge < -0.3 is 9.15 Å². The summed E-state index contributed by atoms with van der Waals surface area (Å²) < 4.78 is 12.3. The molecule has 1 aromatic carbocycles. The van der Waals surface area contributed by atoms with Crippen LogP contribution >= 0.6 is 22.6 Å². The summed E-state index contributed by atoms with van der Waals surface area (Å²) in [5, 5.41) is 0.951. The van der Waals surface area contributed by atoms with Crippen molar-refractivity contribution in [2.45, 2.75) is 61.4 Å². The summed E-state index contributed by atoms with van der Waals surface area (Å²) in [5.41, 5.74) is 2.45. The van der Waals surface area contributed by atoms with Gasteiger partial charge in [0.05, 0.1) is 14.9 Å². The Morgan fingerprint density at radius 1 is 1.22 bits per heavy atom. The van der Waals surface area contributed by atoms with Gasteiger partial charge in [0.1, 0.15) is 17.4 Å². The molecule has 1 aromatic heterocycles. The van der Waals surface area contributed by atoms with Gasteiger partial charge in [-0.3, -0.25) is 0 Å². The fourth-order valence-electron chi connectivity index (χ4n) is 3.80. The number of rotatable bonds is 0. The van der Waals surface area contributed by atoms with Crippen molar-refractivity contribution in [1.29, 1.82) is 0 Å². The molecule has 0 radical (unpaired) electrons. The molecule has 1 aliphatic heterocycles. The van der Waals surface area contributed by atoms with E-state index in [0.29, 0.717) is 9.51 Å². The fraction of sp³-hybridized carbons (Fsp3) is 0.526. The maximum absolute atomic E-state index is 12.6. The van der Waals surface area contributed by atoms with Crippen LogP contribution in [0.25, 0.3) is 11.0 Å². The predicted molar refractivity (Wildman–Crippen MR) is 100 cm³/mol. The second-order valence-corrected chi connectivity index (χ2v) is 9.17. The first-order valence-electron chi connectivity index (χ1n) is 8.28. The van der Waals surface area contributed by atoms with Crippen LogP contribution in [0, 0.1) is 0 Å². The number of benzene rings is 1. The van der Waals surface area contributed by atoms with E-state index in [1.807, 2.05) is 12.1 Å². The lowest BCUT2D eigenvalue weighted by molar-refractivity contribution is 0.132. The molecule has 2 aliphatic rings. The molecule has 2 bridgehead atoms. The zero-order valence-corrected chi connectivity index (χ0v) is 15.8. The van der Waals surface area contributed by atoms with E-state index < -0.39 is 0 Å². The van der Waals surface area contributed by atoms with Crippen molar-refractivity contribution in [3.63, 3.8) is 0 Å². The highest BCUT2D eigenvalue weighted by Crippen LogP contribution is 2.48. The predicted octanol–water partition coefficient (Wildman–Crippen LogP) is 4.92. The van der Waals surface area contributed by atoms with Crippen molar-refractivity contribution in [3.05, 3.63) is 39.7 Å². The van der Waals surface area contributed by atoms with E-state index in [-0.39, 0.29) is 23.1 Å². The molecule has 0 amide bonds. The summed E-state index contributed by atoms with van der Waals surface area (Å²) in [5.74, 6) is 1.04. The molecule has 3 atom stereocenters. The molecule has 1 aliphatic carbocycles. The van der Waals surface area contributed by atoms with Crippen molar-refractivity contribution >= 4 is 33.6 Å². The average molecular weight is 424 g/mol. The molecule has 122 valence electrons. The second kappa shape index (κ2) is 5.23. The van der Waals surface area contributed by atoms with Crippen LogP contribution in [-0.2, 0) is 5.41 Å². The lowest BCUT2D eigenvalue weighted by atomic mass is 9.79. The Balaban J connectivity index is 2.01. The third kappa shape index (κ3) is 2.41. The lowest BCUT2D eigenvalue weighted by Crippen LogP contribution is -2.42. The molecule has 23 heavy (non-hydrogen) atoms. The first kappa shape index (κ1) is 15.5. The summed E-state index contributed by atoms with van der Waals surface area (Å²) in [6, 6.07) is 6.09. The van der Waals surface area contributed by atoms with Crippen LogP contribution in [0.2, 0.25) is 0 Å². The molecule has 1 saturated carbocycles. The van der Waals surface area contributed by atoms with Gasteiger partial charge in [0.25, 0.3) is 0 Å². The third-order valence-electron chi connectivity index (χ3n) is 5.14. The van der Waals surface area contributed by atoms with E-state index >= 15 is 0 Å². The van der Waals surface area contributed by atoms with E-state index in [0.717, 1.165) is 36.0 Å². The van der Waals surface area contributed by atoms with Crippen LogP contribution < -0.4 is 10.4 Å². The summed E-state index contributed by atoms with van der Waals surface area (Å²) >= 11 is 2.45. The number of hydrogen-bond donors (Lipinski definition) is 0. The molecule has 0 unspecified atom stereocenters. The molecule has 3 nitrogen and oxygen atoms in total. The van der Waals surface area contributed by atoms with E-state index in [4.69, 9.17) is 9.15 Å². The van der Waals surface area contributed by atoms with Gasteiger partial charge in [-0.2, -0.15) is 0 Å². The molecule has 2 heterocycles. The van der Waals surface area contributed by atoms with Gasteiger partial charge in [0.15, 0.2) is 0 Å². The van der Waals surface area contributed by atoms with Crippen molar-refractivity contribution in [2.75, 3.05) is 0 Å². The smallest absolute Gasteiger partial charge is 0.343 e. The number of ether oxygens (including phenoxy) is 1. The van der Waals surface area contributed by atoms with E-state index in [9.17, 15) is 4.79 Å². The lowest BCUT2D eigenvalue weighted by Gasteiger charge is -2.40. The number of hydrogen-bond acceptors (Lipinski definition) is 3. The van der Waals surface area contributed by atoms with Gasteiger partial charge in [-0.1, -0.05) is 49.4 Å². The molecule has 1 fully saturated rings. The minimum absolute atomic E-state index is 0.0492. The third-order valence-corrected chi connectivity index (χ3v) is 6.81.